The van der Waals surface area contributed by atoms with Crippen LogP contribution in [0.4, 0.5) is 5.82 Å². The smallest absolute Gasteiger partial charge is 0.197 e. The van der Waals surface area contributed by atoms with E-state index in [1.807, 2.05) is 29.6 Å². The molecule has 0 aromatic carbocycles. The molecule has 2 aromatic heterocycles. The molecule has 0 saturated carbocycles. The molecular weight excluding hydrogens is 262 g/mol. The molecule has 0 saturated heterocycles. The second-order valence-corrected chi connectivity index (χ2v) is 4.98. The molecule has 2 N–H and O–H groups in total. The van der Waals surface area contributed by atoms with Gasteiger partial charge in [-0.05, 0) is 18.7 Å². The summed E-state index contributed by atoms with van der Waals surface area (Å²) in [6, 6.07) is 1.94. The Hall–Kier alpha value is -1.67. The lowest BCUT2D eigenvalue weighted by atomic mass is 10.5. The predicted octanol–water partition coefficient (Wildman–Crippen LogP) is 0.671. The summed E-state index contributed by atoms with van der Waals surface area (Å²) < 4.78 is 1.87. The molecule has 2 heterocycles. The maximum absolute atomic E-state index is 5.57. The summed E-state index contributed by atoms with van der Waals surface area (Å²) in [5.41, 5.74) is 5.57. The summed E-state index contributed by atoms with van der Waals surface area (Å²) in [4.78, 5) is 10.5. The van der Waals surface area contributed by atoms with Gasteiger partial charge >= 0.3 is 0 Å². The van der Waals surface area contributed by atoms with Crippen LogP contribution < -0.4 is 10.6 Å². The summed E-state index contributed by atoms with van der Waals surface area (Å²) >= 11 is 1.45. The van der Waals surface area contributed by atoms with Crippen LogP contribution in [0.25, 0.3) is 0 Å². The van der Waals surface area contributed by atoms with Gasteiger partial charge < -0.3 is 15.2 Å². The van der Waals surface area contributed by atoms with E-state index in [4.69, 9.17) is 5.73 Å². The van der Waals surface area contributed by atoms with E-state index in [1.165, 1.54) is 11.8 Å². The lowest BCUT2D eigenvalue weighted by molar-refractivity contribution is 0.733. The van der Waals surface area contributed by atoms with Crippen LogP contribution in [0.1, 0.15) is 12.7 Å². The van der Waals surface area contributed by atoms with Gasteiger partial charge in [-0.15, -0.1) is 10.2 Å². The molecule has 0 aliphatic carbocycles. The molecule has 0 spiro atoms. The van der Waals surface area contributed by atoms with E-state index in [0.29, 0.717) is 6.54 Å². The van der Waals surface area contributed by atoms with Crippen molar-refractivity contribution in [3.8, 4) is 0 Å². The zero-order chi connectivity index (χ0) is 13.8. The highest BCUT2D eigenvalue weighted by molar-refractivity contribution is 7.99. The van der Waals surface area contributed by atoms with E-state index in [-0.39, 0.29) is 0 Å². The third-order valence-electron chi connectivity index (χ3n) is 2.80. The second kappa shape index (κ2) is 5.98. The van der Waals surface area contributed by atoms with Crippen molar-refractivity contribution in [2.75, 3.05) is 18.5 Å². The fraction of sp³-hybridized carbons (Fsp3) is 0.455. The SMILES string of the molecule is CCN(C)c1cc(Sc2nnc(CN)n2C)ncn1. The number of anilines is 1. The Bertz CT molecular complexity index is 554. The Morgan fingerprint density at radius 1 is 1.37 bits per heavy atom. The Morgan fingerprint density at radius 2 is 2.16 bits per heavy atom. The quantitative estimate of drug-likeness (QED) is 0.805. The van der Waals surface area contributed by atoms with Crippen LogP contribution in [-0.4, -0.2) is 38.3 Å². The summed E-state index contributed by atoms with van der Waals surface area (Å²) in [7, 11) is 3.89. The highest BCUT2D eigenvalue weighted by atomic mass is 32.2. The van der Waals surface area contributed by atoms with Gasteiger partial charge in [0.1, 0.15) is 23.0 Å². The van der Waals surface area contributed by atoms with Crippen molar-refractivity contribution >= 4 is 17.6 Å². The summed E-state index contributed by atoms with van der Waals surface area (Å²) in [6.45, 7) is 3.34. The molecule has 8 heteroatoms. The van der Waals surface area contributed by atoms with Crippen LogP contribution in [0.5, 0.6) is 0 Å². The summed E-state index contributed by atoms with van der Waals surface area (Å²) in [5.74, 6) is 1.64. The molecule has 0 amide bonds. The highest BCUT2D eigenvalue weighted by Crippen LogP contribution is 2.25. The lowest BCUT2D eigenvalue weighted by Gasteiger charge is -2.15. The first-order valence-corrected chi connectivity index (χ1v) is 6.76. The molecule has 102 valence electrons. The van der Waals surface area contributed by atoms with Crippen molar-refractivity contribution in [2.45, 2.75) is 23.7 Å². The minimum absolute atomic E-state index is 0.373. The van der Waals surface area contributed by atoms with Gasteiger partial charge in [0.2, 0.25) is 0 Å². The largest absolute Gasteiger partial charge is 0.360 e. The molecule has 0 aliphatic heterocycles. The number of hydrogen-bond donors (Lipinski definition) is 1. The van der Waals surface area contributed by atoms with Crippen molar-refractivity contribution in [1.29, 1.82) is 0 Å². The molecule has 2 rings (SSSR count). The highest BCUT2D eigenvalue weighted by Gasteiger charge is 2.11. The minimum atomic E-state index is 0.373. The summed E-state index contributed by atoms with van der Waals surface area (Å²) in [5, 5.41) is 9.72. The zero-order valence-corrected chi connectivity index (χ0v) is 12.1. The zero-order valence-electron chi connectivity index (χ0n) is 11.2. The van der Waals surface area contributed by atoms with E-state index in [9.17, 15) is 0 Å². The average molecular weight is 279 g/mol. The van der Waals surface area contributed by atoms with Crippen LogP contribution in [0.3, 0.4) is 0 Å². The molecule has 0 unspecified atom stereocenters. The first kappa shape index (κ1) is 13.8. The standard InChI is InChI=1S/C11H17N7S/c1-4-17(2)8-5-10(14-7-13-8)19-11-16-15-9(6-12)18(11)3/h5,7H,4,6,12H2,1-3H3. The van der Waals surface area contributed by atoms with E-state index in [0.717, 1.165) is 28.4 Å². The van der Waals surface area contributed by atoms with Gasteiger partial charge in [0, 0.05) is 26.7 Å². The lowest BCUT2D eigenvalue weighted by Crippen LogP contribution is -2.17. The Kier molecular flexibility index (Phi) is 4.33. The van der Waals surface area contributed by atoms with Gasteiger partial charge in [-0.2, -0.15) is 0 Å². The molecule has 19 heavy (non-hydrogen) atoms. The van der Waals surface area contributed by atoms with Crippen molar-refractivity contribution in [2.24, 2.45) is 12.8 Å². The number of hydrogen-bond acceptors (Lipinski definition) is 7. The monoisotopic (exact) mass is 279 g/mol. The maximum atomic E-state index is 5.57. The number of aromatic nitrogens is 5. The van der Waals surface area contributed by atoms with Gasteiger partial charge in [-0.1, -0.05) is 0 Å². The summed E-state index contributed by atoms with van der Waals surface area (Å²) in [6.07, 6.45) is 1.56. The third kappa shape index (κ3) is 3.02. The van der Waals surface area contributed by atoms with E-state index in [2.05, 4.69) is 27.1 Å². The Balaban J connectivity index is 2.21. The maximum Gasteiger partial charge on any atom is 0.197 e. The Morgan fingerprint density at radius 3 is 2.79 bits per heavy atom. The first-order valence-electron chi connectivity index (χ1n) is 5.95. The van der Waals surface area contributed by atoms with Crippen LogP contribution >= 0.6 is 11.8 Å². The molecule has 2 aromatic rings. The molecule has 0 atom stereocenters. The number of rotatable bonds is 5. The van der Waals surface area contributed by atoms with Crippen molar-refractivity contribution < 1.29 is 0 Å². The van der Waals surface area contributed by atoms with Crippen molar-refractivity contribution in [3.05, 3.63) is 18.2 Å². The van der Waals surface area contributed by atoms with Gasteiger partial charge in [0.15, 0.2) is 5.16 Å². The predicted molar refractivity (Wildman–Crippen MR) is 74.0 cm³/mol. The first-order chi connectivity index (χ1) is 9.15. The average Bonchev–Trinajstić information content (AvgIpc) is 2.79. The van der Waals surface area contributed by atoms with Crippen LogP contribution in [0, 0.1) is 0 Å². The van der Waals surface area contributed by atoms with Crippen LogP contribution in [0.15, 0.2) is 22.6 Å². The van der Waals surface area contributed by atoms with Crippen molar-refractivity contribution in [1.82, 2.24) is 24.7 Å². The molecule has 7 nitrogen and oxygen atoms in total. The molecular formula is C11H17N7S. The number of nitrogens with zero attached hydrogens (tertiary/aromatic N) is 6. The van der Waals surface area contributed by atoms with Gasteiger partial charge in [-0.3, -0.25) is 0 Å². The molecule has 0 aliphatic rings. The van der Waals surface area contributed by atoms with Gasteiger partial charge in [0.05, 0.1) is 6.54 Å². The molecule has 0 fully saturated rings. The Labute approximate surface area is 116 Å². The van der Waals surface area contributed by atoms with Gasteiger partial charge in [-0.25, -0.2) is 9.97 Å². The second-order valence-electron chi connectivity index (χ2n) is 3.99. The van der Waals surface area contributed by atoms with Crippen LogP contribution in [0.2, 0.25) is 0 Å². The fourth-order valence-electron chi connectivity index (χ4n) is 1.46. The topological polar surface area (TPSA) is 85.8 Å². The van der Waals surface area contributed by atoms with E-state index >= 15 is 0 Å². The van der Waals surface area contributed by atoms with Gasteiger partial charge in [0.25, 0.3) is 0 Å². The normalized spacial score (nSPS) is 10.7. The molecule has 0 bridgehead atoms. The van der Waals surface area contributed by atoms with Crippen molar-refractivity contribution in [3.63, 3.8) is 0 Å². The molecule has 0 radical (unpaired) electrons. The third-order valence-corrected chi connectivity index (χ3v) is 3.77. The number of nitrogens with two attached hydrogens (primary N) is 1. The van der Waals surface area contributed by atoms with E-state index in [1.54, 1.807) is 6.33 Å². The van der Waals surface area contributed by atoms with Crippen LogP contribution in [-0.2, 0) is 13.6 Å². The minimum Gasteiger partial charge on any atom is -0.360 e. The van der Waals surface area contributed by atoms with E-state index < -0.39 is 0 Å². The fourth-order valence-corrected chi connectivity index (χ4v) is 2.24.